The van der Waals surface area contributed by atoms with Gasteiger partial charge >= 0.3 is 0 Å². The van der Waals surface area contributed by atoms with Crippen LogP contribution in [0.2, 0.25) is 0 Å². The summed E-state index contributed by atoms with van der Waals surface area (Å²) < 4.78 is 0. The molecule has 0 bridgehead atoms. The molecule has 5 nitrogen and oxygen atoms in total. The van der Waals surface area contributed by atoms with Crippen LogP contribution in [0.4, 0.5) is 0 Å². The van der Waals surface area contributed by atoms with E-state index < -0.39 is 0 Å². The van der Waals surface area contributed by atoms with Crippen molar-refractivity contribution in [2.24, 2.45) is 0 Å². The molecule has 92 valence electrons. The second-order valence-corrected chi connectivity index (χ2v) is 2.79. The molecule has 16 heavy (non-hydrogen) atoms. The summed E-state index contributed by atoms with van der Waals surface area (Å²) in [6, 6.07) is 0. The zero-order valence-corrected chi connectivity index (χ0v) is 11.4. The third kappa shape index (κ3) is 38.1. The maximum atomic E-state index is 10.0. The number of aliphatic hydroxyl groups is 2. The molecule has 0 saturated carbocycles. The summed E-state index contributed by atoms with van der Waals surface area (Å²) in [4.78, 5) is 20.0. The molecule has 0 fully saturated rings. The van der Waals surface area contributed by atoms with Crippen LogP contribution in [0.1, 0.15) is 27.7 Å². The Bertz CT molecular complexity index is 232. The summed E-state index contributed by atoms with van der Waals surface area (Å²) >= 11 is 0. The van der Waals surface area contributed by atoms with Crippen LogP contribution in [0.15, 0.2) is 23.7 Å². The smallest absolute Gasteiger partial charge is 0.155 e. The molecule has 0 amide bonds. The molecule has 0 heterocycles. The minimum Gasteiger partial charge on any atom is -0.512 e. The van der Waals surface area contributed by atoms with Crippen LogP contribution in [-0.2, 0) is 31.3 Å². The third-order valence-corrected chi connectivity index (χ3v) is 0.824. The van der Waals surface area contributed by atoms with E-state index in [4.69, 9.17) is 10.2 Å². The average Bonchev–Trinajstić information content (AvgIpc) is 1.79. The molecule has 0 aliphatic rings. The molecule has 0 aromatic heterocycles. The Morgan fingerprint density at radius 3 is 1.00 bits per heavy atom. The molecule has 4 N–H and O–H groups in total. The van der Waals surface area contributed by atoms with Crippen LogP contribution in [0, 0.1) is 0 Å². The Labute approximate surface area is 110 Å². The first-order valence-corrected chi connectivity index (χ1v) is 4.01. The van der Waals surface area contributed by atoms with Crippen LogP contribution in [-0.4, -0.2) is 27.3 Å². The summed E-state index contributed by atoms with van der Waals surface area (Å²) in [5.41, 5.74) is 0. The summed E-state index contributed by atoms with van der Waals surface area (Å²) in [7, 11) is 0. The van der Waals surface area contributed by atoms with Crippen LogP contribution >= 0.6 is 0 Å². The van der Waals surface area contributed by atoms with Crippen molar-refractivity contribution in [2.75, 3.05) is 0 Å². The van der Waals surface area contributed by atoms with Crippen LogP contribution < -0.4 is 0 Å². The van der Waals surface area contributed by atoms with Gasteiger partial charge in [0.05, 0.1) is 11.5 Å². The van der Waals surface area contributed by atoms with Crippen molar-refractivity contribution in [1.82, 2.24) is 0 Å². The van der Waals surface area contributed by atoms with Crippen molar-refractivity contribution in [3.63, 3.8) is 0 Å². The van der Waals surface area contributed by atoms with Gasteiger partial charge in [0, 0.05) is 33.9 Å². The van der Waals surface area contributed by atoms with E-state index in [1.807, 2.05) is 0 Å². The summed E-state index contributed by atoms with van der Waals surface area (Å²) in [6.45, 7) is 5.70. The van der Waals surface area contributed by atoms with Crippen molar-refractivity contribution in [1.29, 1.82) is 0 Å². The Kier molecular flexibility index (Phi) is 21.5. The minimum absolute atomic E-state index is 0. The van der Waals surface area contributed by atoms with E-state index in [-0.39, 0.29) is 50.3 Å². The summed E-state index contributed by atoms with van der Waals surface area (Å²) in [5, 5.41) is 16.7. The van der Waals surface area contributed by atoms with E-state index in [1.54, 1.807) is 0 Å². The number of ketones is 2. The normalized spacial score (nSPS) is 10.0. The predicted molar refractivity (Wildman–Crippen MR) is 57.7 cm³/mol. The van der Waals surface area contributed by atoms with Gasteiger partial charge in [0.15, 0.2) is 11.6 Å². The van der Waals surface area contributed by atoms with E-state index in [0.717, 1.165) is 0 Å². The molecule has 0 aliphatic carbocycles. The molecule has 0 aromatic rings. The van der Waals surface area contributed by atoms with Gasteiger partial charge in [0.1, 0.15) is 0 Å². The van der Waals surface area contributed by atoms with E-state index in [9.17, 15) is 9.59 Å². The van der Waals surface area contributed by atoms with Crippen molar-refractivity contribution in [2.45, 2.75) is 27.7 Å². The number of aliphatic hydroxyl groups excluding tert-OH is 2. The maximum Gasteiger partial charge on any atom is 0.155 e. The SMILES string of the molecule is CC(=O)/C=C(/C)O.CC(=O)/C=C(/C)O.O.[Ti]. The predicted octanol–water partition coefficient (Wildman–Crippen LogP) is 1.25. The van der Waals surface area contributed by atoms with E-state index >= 15 is 0 Å². The van der Waals surface area contributed by atoms with Crippen molar-refractivity contribution in [3.05, 3.63) is 23.7 Å². The van der Waals surface area contributed by atoms with Gasteiger partial charge in [0.2, 0.25) is 0 Å². The van der Waals surface area contributed by atoms with Crippen molar-refractivity contribution in [3.8, 4) is 0 Å². The topological polar surface area (TPSA) is 106 Å². The van der Waals surface area contributed by atoms with Gasteiger partial charge in [-0.2, -0.15) is 0 Å². The van der Waals surface area contributed by atoms with Crippen LogP contribution in [0.5, 0.6) is 0 Å². The van der Waals surface area contributed by atoms with Gasteiger partial charge in [-0.1, -0.05) is 0 Å². The largest absolute Gasteiger partial charge is 0.512 e. The fourth-order valence-corrected chi connectivity index (χ4v) is 0.588. The molecular formula is C10H18O5Ti. The van der Waals surface area contributed by atoms with E-state index in [2.05, 4.69) is 0 Å². The van der Waals surface area contributed by atoms with E-state index in [0.29, 0.717) is 0 Å². The molecule has 0 rings (SSSR count). The molecule has 0 unspecified atom stereocenters. The first-order chi connectivity index (χ1) is 6.25. The second kappa shape index (κ2) is 14.1. The number of allylic oxidation sites excluding steroid dienone is 4. The van der Waals surface area contributed by atoms with Gasteiger partial charge in [-0.25, -0.2) is 0 Å². The molecule has 0 atom stereocenters. The van der Waals surface area contributed by atoms with Crippen LogP contribution in [0.25, 0.3) is 0 Å². The number of rotatable bonds is 2. The second-order valence-electron chi connectivity index (χ2n) is 2.79. The number of hydrogen-bond donors (Lipinski definition) is 2. The van der Waals surface area contributed by atoms with Gasteiger partial charge in [-0.3, -0.25) is 9.59 Å². The van der Waals surface area contributed by atoms with Crippen molar-refractivity contribution < 1.29 is 47.0 Å². The molecule has 0 spiro atoms. The Morgan fingerprint density at radius 1 is 0.812 bits per heavy atom. The van der Waals surface area contributed by atoms with Gasteiger partial charge in [-0.05, 0) is 27.7 Å². The van der Waals surface area contributed by atoms with Gasteiger partial charge in [-0.15, -0.1) is 0 Å². The molecule has 0 saturated heterocycles. The molecule has 0 aromatic carbocycles. The Morgan fingerprint density at radius 2 is 1.00 bits per heavy atom. The summed E-state index contributed by atoms with van der Waals surface area (Å²) in [5.74, 6) is -0.125. The minimum atomic E-state index is -0.125. The zero-order chi connectivity index (χ0) is 11.7. The third-order valence-electron chi connectivity index (χ3n) is 0.824. The molecule has 6 heteroatoms. The fraction of sp³-hybridized carbons (Fsp3) is 0.400. The van der Waals surface area contributed by atoms with E-state index in [1.165, 1.54) is 39.8 Å². The fourth-order valence-electron chi connectivity index (χ4n) is 0.588. The first kappa shape index (κ1) is 24.4. The average molecular weight is 266 g/mol. The molecular weight excluding hydrogens is 248 g/mol. The van der Waals surface area contributed by atoms with Crippen LogP contribution in [0.3, 0.4) is 0 Å². The molecule has 0 radical (unpaired) electrons. The first-order valence-electron chi connectivity index (χ1n) is 4.01. The standard InChI is InChI=1S/2C5H8O2.H2O.Ti/c2*1-4(6)3-5(2)7;;/h2*3,6H,1-2H3;1H2;/b2*4-3-;;. The van der Waals surface area contributed by atoms with Gasteiger partial charge in [0.25, 0.3) is 0 Å². The quantitative estimate of drug-likeness (QED) is 0.445. The maximum absolute atomic E-state index is 10.0. The van der Waals surface area contributed by atoms with Gasteiger partial charge < -0.3 is 15.7 Å². The zero-order valence-electron chi connectivity index (χ0n) is 9.87. The van der Waals surface area contributed by atoms with Crippen molar-refractivity contribution >= 4 is 11.6 Å². The Hall–Kier alpha value is -0.906. The number of carbonyl (C=O) groups is 2. The number of carbonyl (C=O) groups excluding carboxylic acids is 2. The monoisotopic (exact) mass is 266 g/mol. The molecule has 0 aliphatic heterocycles. The summed E-state index contributed by atoms with van der Waals surface area (Å²) in [6.07, 6.45) is 2.33. The number of hydrogen-bond acceptors (Lipinski definition) is 4. The Balaban J connectivity index is -0.0000000800.